The SMILES string of the molecule is C[C@H](Nc1cccc(CS(=O)(=O)C(C)(C)C)c1)C1CC1. The van der Waals surface area contributed by atoms with E-state index in [9.17, 15) is 8.42 Å². The molecular weight excluding hydrogens is 270 g/mol. The van der Waals surface area contributed by atoms with Gasteiger partial charge in [-0.1, -0.05) is 12.1 Å². The predicted octanol–water partition coefficient (Wildman–Crippen LogP) is 3.61. The molecular formula is C16H25NO2S. The Kier molecular flexibility index (Phi) is 4.14. The molecule has 1 atom stereocenters. The van der Waals surface area contributed by atoms with E-state index in [0.29, 0.717) is 6.04 Å². The molecule has 3 nitrogen and oxygen atoms in total. The smallest absolute Gasteiger partial charge is 0.159 e. The molecule has 1 aliphatic carbocycles. The molecule has 1 aliphatic rings. The number of sulfone groups is 1. The molecule has 0 saturated heterocycles. The molecule has 0 radical (unpaired) electrons. The van der Waals surface area contributed by atoms with Gasteiger partial charge in [-0.3, -0.25) is 0 Å². The minimum atomic E-state index is -3.13. The molecule has 1 aromatic rings. The zero-order chi connectivity index (χ0) is 15.0. The van der Waals surface area contributed by atoms with Crippen LogP contribution in [0.1, 0.15) is 46.1 Å². The minimum absolute atomic E-state index is 0.101. The van der Waals surface area contributed by atoms with Crippen LogP contribution >= 0.6 is 0 Å². The first kappa shape index (κ1) is 15.4. The molecule has 1 N–H and O–H groups in total. The number of rotatable bonds is 5. The average Bonchev–Trinajstić information content (AvgIpc) is 3.10. The number of hydrogen-bond donors (Lipinski definition) is 1. The summed E-state index contributed by atoms with van der Waals surface area (Å²) in [4.78, 5) is 0. The summed E-state index contributed by atoms with van der Waals surface area (Å²) in [6.07, 6.45) is 2.60. The number of benzene rings is 1. The van der Waals surface area contributed by atoms with Gasteiger partial charge in [0.2, 0.25) is 0 Å². The molecule has 0 aromatic heterocycles. The van der Waals surface area contributed by atoms with Gasteiger partial charge < -0.3 is 5.32 Å². The highest BCUT2D eigenvalue weighted by atomic mass is 32.2. The molecule has 20 heavy (non-hydrogen) atoms. The second kappa shape index (κ2) is 5.40. The van der Waals surface area contributed by atoms with E-state index in [1.54, 1.807) is 20.8 Å². The lowest BCUT2D eigenvalue weighted by Crippen LogP contribution is -2.29. The normalized spacial score (nSPS) is 17.8. The highest BCUT2D eigenvalue weighted by Crippen LogP contribution is 2.34. The van der Waals surface area contributed by atoms with E-state index in [-0.39, 0.29) is 5.75 Å². The van der Waals surface area contributed by atoms with Crippen LogP contribution in [-0.2, 0) is 15.6 Å². The molecule has 1 aromatic carbocycles. The van der Waals surface area contributed by atoms with Crippen molar-refractivity contribution in [3.8, 4) is 0 Å². The van der Waals surface area contributed by atoms with E-state index in [4.69, 9.17) is 0 Å². The lowest BCUT2D eigenvalue weighted by Gasteiger charge is -2.20. The number of hydrogen-bond acceptors (Lipinski definition) is 3. The third kappa shape index (κ3) is 3.75. The molecule has 0 aliphatic heterocycles. The highest BCUT2D eigenvalue weighted by molar-refractivity contribution is 7.91. The van der Waals surface area contributed by atoms with E-state index in [1.807, 2.05) is 24.3 Å². The van der Waals surface area contributed by atoms with E-state index >= 15 is 0 Å². The fourth-order valence-electron chi connectivity index (χ4n) is 2.16. The summed E-state index contributed by atoms with van der Waals surface area (Å²) in [5.74, 6) is 0.876. The van der Waals surface area contributed by atoms with Crippen LogP contribution in [0.5, 0.6) is 0 Å². The molecule has 1 fully saturated rings. The largest absolute Gasteiger partial charge is 0.382 e. The van der Waals surface area contributed by atoms with Gasteiger partial charge in [-0.25, -0.2) is 8.42 Å². The predicted molar refractivity (Wildman–Crippen MR) is 84.6 cm³/mol. The second-order valence-electron chi connectivity index (χ2n) is 6.84. The Morgan fingerprint density at radius 3 is 2.50 bits per heavy atom. The van der Waals surface area contributed by atoms with Gasteiger partial charge in [-0.15, -0.1) is 0 Å². The molecule has 2 rings (SSSR count). The standard InChI is InChI=1S/C16H25NO2S/c1-12(14-8-9-14)17-15-7-5-6-13(10-15)11-20(18,19)16(2,3)4/h5-7,10,12,14,17H,8-9,11H2,1-4H3/t12-/m0/s1. The summed E-state index contributed by atoms with van der Waals surface area (Å²) in [5, 5.41) is 3.47. The van der Waals surface area contributed by atoms with Gasteiger partial charge in [-0.05, 0) is 64.2 Å². The lowest BCUT2D eigenvalue weighted by atomic mass is 10.1. The molecule has 112 valence electrons. The van der Waals surface area contributed by atoms with Crippen molar-refractivity contribution in [3.63, 3.8) is 0 Å². The van der Waals surface area contributed by atoms with Crippen LogP contribution in [0.25, 0.3) is 0 Å². The Balaban J connectivity index is 2.09. The van der Waals surface area contributed by atoms with Gasteiger partial charge in [0.1, 0.15) is 0 Å². The van der Waals surface area contributed by atoms with Crippen molar-refractivity contribution in [1.29, 1.82) is 0 Å². The Labute approximate surface area is 122 Å². The van der Waals surface area contributed by atoms with Crippen molar-refractivity contribution in [1.82, 2.24) is 0 Å². The quantitative estimate of drug-likeness (QED) is 0.902. The minimum Gasteiger partial charge on any atom is -0.382 e. The van der Waals surface area contributed by atoms with Crippen LogP contribution in [-0.4, -0.2) is 19.2 Å². The zero-order valence-corrected chi connectivity index (χ0v) is 13.6. The van der Waals surface area contributed by atoms with Crippen molar-refractivity contribution in [2.24, 2.45) is 5.92 Å². The Morgan fingerprint density at radius 2 is 1.95 bits per heavy atom. The molecule has 0 amide bonds. The van der Waals surface area contributed by atoms with E-state index in [1.165, 1.54) is 12.8 Å². The molecule has 0 bridgehead atoms. The Hall–Kier alpha value is -1.03. The third-order valence-corrected chi connectivity index (χ3v) is 6.52. The molecule has 0 heterocycles. The maximum Gasteiger partial charge on any atom is 0.159 e. The van der Waals surface area contributed by atoms with Crippen molar-refractivity contribution >= 4 is 15.5 Å². The lowest BCUT2D eigenvalue weighted by molar-refractivity contribution is 0.559. The van der Waals surface area contributed by atoms with Crippen molar-refractivity contribution in [2.45, 2.75) is 57.1 Å². The van der Waals surface area contributed by atoms with Crippen LogP contribution in [0.2, 0.25) is 0 Å². The van der Waals surface area contributed by atoms with Crippen molar-refractivity contribution in [2.75, 3.05) is 5.32 Å². The maximum absolute atomic E-state index is 12.3. The monoisotopic (exact) mass is 295 g/mol. The van der Waals surface area contributed by atoms with Crippen molar-refractivity contribution in [3.05, 3.63) is 29.8 Å². The van der Waals surface area contributed by atoms with Crippen molar-refractivity contribution < 1.29 is 8.42 Å². The summed E-state index contributed by atoms with van der Waals surface area (Å²) < 4.78 is 23.8. The van der Waals surface area contributed by atoms with Gasteiger partial charge in [0, 0.05) is 11.7 Å². The second-order valence-corrected chi connectivity index (χ2v) is 9.59. The summed E-state index contributed by atoms with van der Waals surface area (Å²) in [7, 11) is -3.13. The maximum atomic E-state index is 12.3. The summed E-state index contributed by atoms with van der Waals surface area (Å²) >= 11 is 0. The van der Waals surface area contributed by atoms with Gasteiger partial charge in [0.15, 0.2) is 9.84 Å². The third-order valence-electron chi connectivity index (χ3n) is 3.94. The Bertz CT molecular complexity index is 568. The van der Waals surface area contributed by atoms with Crippen LogP contribution in [0.3, 0.4) is 0 Å². The first-order valence-electron chi connectivity index (χ1n) is 7.27. The zero-order valence-electron chi connectivity index (χ0n) is 12.8. The first-order valence-corrected chi connectivity index (χ1v) is 8.92. The summed E-state index contributed by atoms with van der Waals surface area (Å²) in [6, 6.07) is 8.24. The fraction of sp³-hybridized carbons (Fsp3) is 0.625. The van der Waals surface area contributed by atoms with Crippen LogP contribution in [0, 0.1) is 5.92 Å². The molecule has 0 spiro atoms. The van der Waals surface area contributed by atoms with Crippen LogP contribution in [0.4, 0.5) is 5.69 Å². The van der Waals surface area contributed by atoms with Gasteiger partial charge in [0.25, 0.3) is 0 Å². The molecule has 1 saturated carbocycles. The van der Waals surface area contributed by atoms with Gasteiger partial charge in [0.05, 0.1) is 10.5 Å². The molecule has 4 heteroatoms. The van der Waals surface area contributed by atoms with Gasteiger partial charge in [-0.2, -0.15) is 0 Å². The van der Waals surface area contributed by atoms with Gasteiger partial charge >= 0.3 is 0 Å². The van der Waals surface area contributed by atoms with E-state index in [0.717, 1.165) is 17.2 Å². The molecule has 0 unspecified atom stereocenters. The number of nitrogens with one attached hydrogen (secondary N) is 1. The van der Waals surface area contributed by atoms with E-state index in [2.05, 4.69) is 12.2 Å². The summed E-state index contributed by atoms with van der Waals surface area (Å²) in [5.41, 5.74) is 1.87. The fourth-order valence-corrected chi connectivity index (χ4v) is 3.22. The Morgan fingerprint density at radius 1 is 1.30 bits per heavy atom. The average molecular weight is 295 g/mol. The van der Waals surface area contributed by atoms with Crippen LogP contribution in [0.15, 0.2) is 24.3 Å². The highest BCUT2D eigenvalue weighted by Gasteiger charge is 2.29. The summed E-state index contributed by atoms with van der Waals surface area (Å²) in [6.45, 7) is 7.44. The first-order chi connectivity index (χ1) is 9.19. The van der Waals surface area contributed by atoms with Crippen LogP contribution < -0.4 is 5.32 Å². The topological polar surface area (TPSA) is 46.2 Å². The van der Waals surface area contributed by atoms with E-state index < -0.39 is 14.6 Å². The number of anilines is 1.